The van der Waals surface area contributed by atoms with E-state index >= 15 is 0 Å². The highest BCUT2D eigenvalue weighted by Crippen LogP contribution is 2.15. The van der Waals surface area contributed by atoms with Crippen molar-refractivity contribution in [1.82, 2.24) is 0 Å². The highest BCUT2D eigenvalue weighted by Gasteiger charge is 2.09. The first-order valence-corrected chi connectivity index (χ1v) is 8.83. The first-order chi connectivity index (χ1) is 9.68. The zero-order valence-corrected chi connectivity index (χ0v) is 14.0. The second-order valence-corrected chi connectivity index (χ2v) is 5.36. The van der Waals surface area contributed by atoms with Crippen LogP contribution in [-0.4, -0.2) is 23.2 Å². The SMILES string of the molecule is CC=CCCO.CCCCCCCCCCO[P+](=O)O. The standard InChI is InChI=1S/C10H21O3P.C5H10O/c1-2-3-4-5-6-7-8-9-10-13-14(11)12;1-2-3-4-5-6/h2-10H2,1H3;2-3,6H,4-5H2,1H3/p+1. The first-order valence-electron chi connectivity index (χ1n) is 7.70. The van der Waals surface area contributed by atoms with Crippen LogP contribution in [0.3, 0.4) is 0 Å². The molecule has 0 aliphatic rings. The molecule has 0 amide bonds. The minimum Gasteiger partial charge on any atom is -0.396 e. The van der Waals surface area contributed by atoms with Gasteiger partial charge in [0.15, 0.2) is 0 Å². The summed E-state index contributed by atoms with van der Waals surface area (Å²) in [4.78, 5) is 8.34. The van der Waals surface area contributed by atoms with Gasteiger partial charge in [-0.3, -0.25) is 0 Å². The number of unbranched alkanes of at least 4 members (excludes halogenated alkanes) is 7. The van der Waals surface area contributed by atoms with E-state index in [1.165, 1.54) is 38.5 Å². The van der Waals surface area contributed by atoms with E-state index in [-0.39, 0.29) is 6.61 Å². The zero-order valence-electron chi connectivity index (χ0n) is 13.1. The summed E-state index contributed by atoms with van der Waals surface area (Å²) in [6.45, 7) is 4.84. The smallest absolute Gasteiger partial charge is 0.396 e. The normalized spacial score (nSPS) is 11.3. The predicted octanol–water partition coefficient (Wildman–Crippen LogP) is 4.74. The van der Waals surface area contributed by atoms with Gasteiger partial charge in [-0.2, -0.15) is 0 Å². The number of hydrogen-bond acceptors (Lipinski definition) is 3. The van der Waals surface area contributed by atoms with Crippen molar-refractivity contribution in [3.8, 4) is 0 Å². The van der Waals surface area contributed by atoms with Crippen molar-refractivity contribution < 1.29 is 19.1 Å². The molecule has 0 heterocycles. The van der Waals surface area contributed by atoms with Crippen LogP contribution in [0.15, 0.2) is 12.2 Å². The fourth-order valence-electron chi connectivity index (χ4n) is 1.62. The Balaban J connectivity index is 0. The summed E-state index contributed by atoms with van der Waals surface area (Å²) in [5.41, 5.74) is 0. The second kappa shape index (κ2) is 21.0. The van der Waals surface area contributed by atoms with E-state index in [1.54, 1.807) is 0 Å². The Morgan fingerprint density at radius 3 is 2.00 bits per heavy atom. The van der Waals surface area contributed by atoms with Crippen molar-refractivity contribution in [1.29, 1.82) is 0 Å². The van der Waals surface area contributed by atoms with Gasteiger partial charge in [-0.05, 0) is 19.8 Å². The summed E-state index contributed by atoms with van der Waals surface area (Å²) in [5, 5.41) is 8.15. The summed E-state index contributed by atoms with van der Waals surface area (Å²) in [5.74, 6) is 0. The number of rotatable bonds is 12. The van der Waals surface area contributed by atoms with Gasteiger partial charge < -0.3 is 5.11 Å². The Morgan fingerprint density at radius 2 is 1.60 bits per heavy atom. The van der Waals surface area contributed by atoms with Gasteiger partial charge in [0.25, 0.3) is 0 Å². The molecule has 20 heavy (non-hydrogen) atoms. The molecule has 1 unspecified atom stereocenters. The molecule has 0 aromatic heterocycles. The van der Waals surface area contributed by atoms with Crippen LogP contribution in [0.5, 0.6) is 0 Å². The first kappa shape index (κ1) is 22.0. The molecule has 120 valence electrons. The molecule has 0 radical (unpaired) electrons. The second-order valence-electron chi connectivity index (χ2n) is 4.63. The molecule has 0 rings (SSSR count). The number of aliphatic hydroxyl groups excluding tert-OH is 1. The van der Waals surface area contributed by atoms with Gasteiger partial charge in [0.05, 0.1) is 0 Å². The third-order valence-electron chi connectivity index (χ3n) is 2.73. The minimum atomic E-state index is -2.38. The van der Waals surface area contributed by atoms with Gasteiger partial charge in [0.2, 0.25) is 0 Å². The lowest BCUT2D eigenvalue weighted by Gasteiger charge is -1.98. The number of hydrogen-bond donors (Lipinski definition) is 2. The average Bonchev–Trinajstić information content (AvgIpc) is 2.43. The Kier molecular flexibility index (Phi) is 23.1. The van der Waals surface area contributed by atoms with Crippen LogP contribution in [0.1, 0.15) is 71.6 Å². The molecular formula is C15H32O4P+. The Hall–Kier alpha value is -0.280. The molecule has 0 spiro atoms. The highest BCUT2D eigenvalue weighted by atomic mass is 31.1. The molecule has 0 fully saturated rings. The maximum Gasteiger partial charge on any atom is 0.694 e. The summed E-state index contributed by atoms with van der Waals surface area (Å²) < 4.78 is 14.7. The van der Waals surface area contributed by atoms with E-state index in [0.29, 0.717) is 6.61 Å². The van der Waals surface area contributed by atoms with Crippen molar-refractivity contribution >= 4 is 8.25 Å². The Labute approximate surface area is 125 Å². The minimum absolute atomic E-state index is 0.268. The van der Waals surface area contributed by atoms with Gasteiger partial charge in [-0.25, -0.2) is 0 Å². The van der Waals surface area contributed by atoms with Gasteiger partial charge in [0, 0.05) is 11.2 Å². The van der Waals surface area contributed by atoms with Crippen molar-refractivity contribution in [3.05, 3.63) is 12.2 Å². The fourth-order valence-corrected chi connectivity index (χ4v) is 1.91. The quantitative estimate of drug-likeness (QED) is 0.310. The largest absolute Gasteiger partial charge is 0.694 e. The van der Waals surface area contributed by atoms with Crippen LogP contribution >= 0.6 is 8.25 Å². The Bertz CT molecular complexity index is 220. The summed E-state index contributed by atoms with van der Waals surface area (Å²) in [7, 11) is -2.38. The number of aliphatic hydroxyl groups is 1. The van der Waals surface area contributed by atoms with Crippen molar-refractivity contribution in [2.24, 2.45) is 0 Å². The molecule has 1 atom stereocenters. The third-order valence-corrected chi connectivity index (χ3v) is 3.13. The van der Waals surface area contributed by atoms with Gasteiger partial charge >= 0.3 is 8.25 Å². The molecule has 0 aliphatic heterocycles. The zero-order chi connectivity index (χ0) is 15.5. The summed E-state index contributed by atoms with van der Waals surface area (Å²) >= 11 is 0. The van der Waals surface area contributed by atoms with E-state index in [1.807, 2.05) is 19.1 Å². The van der Waals surface area contributed by atoms with E-state index in [2.05, 4.69) is 11.4 Å². The molecule has 4 nitrogen and oxygen atoms in total. The van der Waals surface area contributed by atoms with Crippen LogP contribution in [0.2, 0.25) is 0 Å². The van der Waals surface area contributed by atoms with Crippen LogP contribution in [0.25, 0.3) is 0 Å². The fraction of sp³-hybridized carbons (Fsp3) is 0.867. The van der Waals surface area contributed by atoms with Crippen molar-refractivity contribution in [3.63, 3.8) is 0 Å². The van der Waals surface area contributed by atoms with Crippen LogP contribution in [-0.2, 0) is 9.09 Å². The summed E-state index contributed by atoms with van der Waals surface area (Å²) in [6, 6.07) is 0. The third kappa shape index (κ3) is 26.3. The van der Waals surface area contributed by atoms with Crippen molar-refractivity contribution in [2.75, 3.05) is 13.2 Å². The molecule has 0 aromatic rings. The maximum absolute atomic E-state index is 10.1. The lowest BCUT2D eigenvalue weighted by atomic mass is 10.1. The van der Waals surface area contributed by atoms with Crippen molar-refractivity contribution in [2.45, 2.75) is 71.6 Å². The van der Waals surface area contributed by atoms with Crippen LogP contribution in [0, 0.1) is 0 Å². The molecule has 2 N–H and O–H groups in total. The average molecular weight is 307 g/mol. The molecular weight excluding hydrogens is 275 g/mol. The van der Waals surface area contributed by atoms with Crippen LogP contribution in [0.4, 0.5) is 0 Å². The number of allylic oxidation sites excluding steroid dienone is 1. The molecule has 0 aliphatic carbocycles. The molecule has 0 saturated carbocycles. The highest BCUT2D eigenvalue weighted by molar-refractivity contribution is 7.32. The predicted molar refractivity (Wildman–Crippen MR) is 84.9 cm³/mol. The molecule has 0 saturated heterocycles. The van der Waals surface area contributed by atoms with Gasteiger partial charge in [-0.15, -0.1) is 9.42 Å². The van der Waals surface area contributed by atoms with E-state index in [4.69, 9.17) is 10.00 Å². The topological polar surface area (TPSA) is 66.8 Å². The lowest BCUT2D eigenvalue weighted by Crippen LogP contribution is -1.87. The molecule has 0 bridgehead atoms. The van der Waals surface area contributed by atoms with Crippen LogP contribution < -0.4 is 0 Å². The van der Waals surface area contributed by atoms with E-state index < -0.39 is 8.25 Å². The molecule has 0 aromatic carbocycles. The van der Waals surface area contributed by atoms with Gasteiger partial charge in [-0.1, -0.05) is 64.0 Å². The molecule has 5 heteroatoms. The monoisotopic (exact) mass is 307 g/mol. The Morgan fingerprint density at radius 1 is 1.05 bits per heavy atom. The van der Waals surface area contributed by atoms with Gasteiger partial charge in [0.1, 0.15) is 6.61 Å². The maximum atomic E-state index is 10.1. The lowest BCUT2D eigenvalue weighted by molar-refractivity contribution is 0.273. The summed E-state index contributed by atoms with van der Waals surface area (Å²) in [6.07, 6.45) is 14.4. The van der Waals surface area contributed by atoms with E-state index in [9.17, 15) is 4.57 Å². The van der Waals surface area contributed by atoms with E-state index in [0.717, 1.165) is 19.3 Å².